The molecule has 0 fully saturated rings. The molecule has 1 aliphatic carbocycles. The Morgan fingerprint density at radius 1 is 1.26 bits per heavy atom. The second-order valence-electron chi connectivity index (χ2n) is 10.3. The Labute approximate surface area is 185 Å². The molecule has 1 heterocycles. The van der Waals surface area contributed by atoms with Crippen LogP contribution in [0.2, 0.25) is 0 Å². The predicted molar refractivity (Wildman–Crippen MR) is 121 cm³/mol. The third-order valence-corrected chi connectivity index (χ3v) is 5.84. The molecular formula is C25H36N2O4. The van der Waals surface area contributed by atoms with Crippen molar-refractivity contribution in [2.24, 2.45) is 17.3 Å². The number of aliphatic hydroxyl groups excluding tert-OH is 1. The molecule has 1 aliphatic heterocycles. The molecule has 1 aromatic carbocycles. The zero-order chi connectivity index (χ0) is 22.8. The molecule has 31 heavy (non-hydrogen) atoms. The van der Waals surface area contributed by atoms with Crippen LogP contribution < -0.4 is 10.1 Å². The van der Waals surface area contributed by atoms with Crippen molar-refractivity contribution in [2.45, 2.75) is 60.2 Å². The van der Waals surface area contributed by atoms with E-state index in [2.05, 4.69) is 26.1 Å². The number of Topliss-reactive ketones (excluding diaryl/α,β-unsaturated/α-hetero) is 1. The number of ether oxygens (including phenoxy) is 1. The van der Waals surface area contributed by atoms with Crippen molar-refractivity contribution in [3.8, 4) is 5.75 Å². The normalized spacial score (nSPS) is 21.3. The van der Waals surface area contributed by atoms with E-state index in [1.165, 1.54) is 0 Å². The van der Waals surface area contributed by atoms with Gasteiger partial charge in [-0.25, -0.2) is 0 Å². The fourth-order valence-corrected chi connectivity index (χ4v) is 4.10. The molecule has 0 saturated heterocycles. The van der Waals surface area contributed by atoms with Crippen molar-refractivity contribution < 1.29 is 19.4 Å². The number of benzene rings is 1. The maximum atomic E-state index is 13.1. The van der Waals surface area contributed by atoms with E-state index in [1.807, 2.05) is 32.0 Å². The third kappa shape index (κ3) is 5.95. The van der Waals surface area contributed by atoms with Crippen molar-refractivity contribution in [3.05, 3.63) is 41.0 Å². The van der Waals surface area contributed by atoms with Crippen molar-refractivity contribution in [3.63, 3.8) is 0 Å². The fourth-order valence-electron chi connectivity index (χ4n) is 4.10. The van der Waals surface area contributed by atoms with Crippen molar-refractivity contribution in [1.82, 2.24) is 10.2 Å². The van der Waals surface area contributed by atoms with Gasteiger partial charge < -0.3 is 20.1 Å². The summed E-state index contributed by atoms with van der Waals surface area (Å²) in [5.74, 6) is 0.418. The fraction of sp³-hybridized carbons (Fsp3) is 0.600. The van der Waals surface area contributed by atoms with Gasteiger partial charge in [0.2, 0.25) is 0 Å². The highest BCUT2D eigenvalue weighted by molar-refractivity contribution is 5.99. The summed E-state index contributed by atoms with van der Waals surface area (Å²) in [7, 11) is 0. The van der Waals surface area contributed by atoms with Gasteiger partial charge in [-0.05, 0) is 34.6 Å². The van der Waals surface area contributed by atoms with Crippen LogP contribution in [0.15, 0.2) is 29.8 Å². The Morgan fingerprint density at radius 3 is 2.65 bits per heavy atom. The summed E-state index contributed by atoms with van der Waals surface area (Å²) in [6, 6.07) is 5.95. The Hall–Kier alpha value is -2.18. The van der Waals surface area contributed by atoms with E-state index in [4.69, 9.17) is 4.74 Å². The summed E-state index contributed by atoms with van der Waals surface area (Å²) in [6.45, 7) is 13.8. The number of carbonyl (C=O) groups excluding carboxylic acids is 2. The van der Waals surface area contributed by atoms with E-state index in [0.717, 1.165) is 30.0 Å². The number of ketones is 1. The van der Waals surface area contributed by atoms with E-state index in [-0.39, 0.29) is 35.4 Å². The summed E-state index contributed by atoms with van der Waals surface area (Å²) in [5.41, 5.74) is 2.75. The van der Waals surface area contributed by atoms with Crippen LogP contribution in [0, 0.1) is 17.3 Å². The average molecular weight is 429 g/mol. The number of allylic oxidation sites excluding steroid dienone is 1. The highest BCUT2D eigenvalue weighted by Crippen LogP contribution is 2.31. The second kappa shape index (κ2) is 9.53. The van der Waals surface area contributed by atoms with Crippen LogP contribution in [-0.4, -0.2) is 47.5 Å². The Morgan fingerprint density at radius 2 is 1.97 bits per heavy atom. The topological polar surface area (TPSA) is 78.9 Å². The summed E-state index contributed by atoms with van der Waals surface area (Å²) >= 11 is 0. The zero-order valence-corrected chi connectivity index (χ0v) is 19.4. The molecule has 0 aromatic heterocycles. The molecule has 2 atom stereocenters. The standard InChI is InChI=1S/C25H36N2O4/c1-16(2)20-11-21(23(29)12-22(20)28)24(30)27-13-17-6-7-19(10-18(17)14-27)31-9-8-26-15-25(3,4)5/h6-7,10-11,16,20,23,26,29H,8-9,12-15H2,1-5H3. The predicted octanol–water partition coefficient (Wildman–Crippen LogP) is 3.08. The van der Waals surface area contributed by atoms with Crippen LogP contribution in [0.1, 0.15) is 52.2 Å². The molecule has 6 heteroatoms. The first-order valence-electron chi connectivity index (χ1n) is 11.2. The molecule has 2 aliphatic rings. The largest absolute Gasteiger partial charge is 0.492 e. The maximum absolute atomic E-state index is 13.1. The van der Waals surface area contributed by atoms with Gasteiger partial charge in [0.15, 0.2) is 0 Å². The highest BCUT2D eigenvalue weighted by atomic mass is 16.5. The number of amides is 1. The van der Waals surface area contributed by atoms with Crippen LogP contribution >= 0.6 is 0 Å². The molecule has 0 radical (unpaired) electrons. The lowest BCUT2D eigenvalue weighted by molar-refractivity contribution is -0.130. The lowest BCUT2D eigenvalue weighted by Gasteiger charge is -2.28. The van der Waals surface area contributed by atoms with Gasteiger partial charge in [0.1, 0.15) is 18.1 Å². The molecule has 3 rings (SSSR count). The Bertz CT molecular complexity index is 854. The highest BCUT2D eigenvalue weighted by Gasteiger charge is 2.36. The van der Waals surface area contributed by atoms with Gasteiger partial charge in [-0.2, -0.15) is 0 Å². The number of nitrogens with one attached hydrogen (secondary N) is 1. The van der Waals surface area contributed by atoms with E-state index >= 15 is 0 Å². The minimum Gasteiger partial charge on any atom is -0.492 e. The zero-order valence-electron chi connectivity index (χ0n) is 19.4. The van der Waals surface area contributed by atoms with Gasteiger partial charge >= 0.3 is 0 Å². The summed E-state index contributed by atoms with van der Waals surface area (Å²) < 4.78 is 5.87. The van der Waals surface area contributed by atoms with Crippen molar-refractivity contribution >= 4 is 11.7 Å². The Kier molecular flexibility index (Phi) is 7.22. The number of aliphatic hydroxyl groups is 1. The van der Waals surface area contributed by atoms with Crippen molar-refractivity contribution in [2.75, 3.05) is 19.7 Å². The van der Waals surface area contributed by atoms with Crippen molar-refractivity contribution in [1.29, 1.82) is 0 Å². The number of fused-ring (bicyclic) bond motifs is 1. The third-order valence-electron chi connectivity index (χ3n) is 5.84. The molecule has 2 unspecified atom stereocenters. The molecule has 6 nitrogen and oxygen atoms in total. The first-order chi connectivity index (χ1) is 14.5. The minimum absolute atomic E-state index is 0.00235. The van der Waals surface area contributed by atoms with E-state index in [9.17, 15) is 14.7 Å². The number of hydrogen-bond donors (Lipinski definition) is 2. The van der Waals surface area contributed by atoms with Gasteiger partial charge in [0.05, 0.1) is 6.10 Å². The first kappa shape index (κ1) is 23.5. The number of nitrogens with zero attached hydrogens (tertiary/aromatic N) is 1. The van der Waals surface area contributed by atoms with Crippen LogP contribution in [-0.2, 0) is 22.7 Å². The molecular weight excluding hydrogens is 392 g/mol. The average Bonchev–Trinajstić information content (AvgIpc) is 3.09. The molecule has 0 bridgehead atoms. The van der Waals surface area contributed by atoms with Crippen LogP contribution in [0.3, 0.4) is 0 Å². The van der Waals surface area contributed by atoms with Gasteiger partial charge in [-0.15, -0.1) is 0 Å². The summed E-state index contributed by atoms with van der Waals surface area (Å²) in [5, 5.41) is 13.8. The van der Waals surface area contributed by atoms with Crippen LogP contribution in [0.5, 0.6) is 5.75 Å². The maximum Gasteiger partial charge on any atom is 0.252 e. The van der Waals surface area contributed by atoms with Crippen LogP contribution in [0.25, 0.3) is 0 Å². The summed E-state index contributed by atoms with van der Waals surface area (Å²) in [6.07, 6.45) is 0.687. The monoisotopic (exact) mass is 428 g/mol. The number of hydrogen-bond acceptors (Lipinski definition) is 5. The second-order valence-corrected chi connectivity index (χ2v) is 10.3. The van der Waals surface area contributed by atoms with Crippen LogP contribution in [0.4, 0.5) is 0 Å². The molecule has 2 N–H and O–H groups in total. The summed E-state index contributed by atoms with van der Waals surface area (Å²) in [4.78, 5) is 27.0. The SMILES string of the molecule is CC(C)C1C=C(C(=O)N2Cc3ccc(OCCNCC(C)(C)C)cc3C2)C(O)CC1=O. The number of rotatable bonds is 7. The molecule has 1 amide bonds. The van der Waals surface area contributed by atoms with E-state index < -0.39 is 6.10 Å². The molecule has 170 valence electrons. The van der Waals surface area contributed by atoms with Gasteiger partial charge in [0, 0.05) is 44.1 Å². The smallest absolute Gasteiger partial charge is 0.252 e. The van der Waals surface area contributed by atoms with Gasteiger partial charge in [-0.3, -0.25) is 9.59 Å². The van der Waals surface area contributed by atoms with Gasteiger partial charge in [0.25, 0.3) is 5.91 Å². The molecule has 0 spiro atoms. The number of carbonyl (C=O) groups is 2. The first-order valence-corrected chi connectivity index (χ1v) is 11.2. The lowest BCUT2D eigenvalue weighted by atomic mass is 9.80. The van der Waals surface area contributed by atoms with E-state index in [1.54, 1.807) is 11.0 Å². The minimum atomic E-state index is -1.02. The molecule has 0 saturated carbocycles. The Balaban J connectivity index is 1.59. The van der Waals surface area contributed by atoms with Gasteiger partial charge in [-0.1, -0.05) is 46.8 Å². The quantitative estimate of drug-likeness (QED) is 0.653. The lowest BCUT2D eigenvalue weighted by Crippen LogP contribution is -2.38. The van der Waals surface area contributed by atoms with E-state index in [0.29, 0.717) is 25.3 Å². The molecule has 1 aromatic rings.